The molecule has 132 valence electrons. The Labute approximate surface area is 154 Å². The molecule has 1 aromatic heterocycles. The number of hydrogen-bond acceptors (Lipinski definition) is 6. The van der Waals surface area contributed by atoms with E-state index in [0.717, 1.165) is 36.1 Å². The number of aryl methyl sites for hydroxylation is 1. The molecule has 0 bridgehead atoms. The molecule has 0 saturated heterocycles. The summed E-state index contributed by atoms with van der Waals surface area (Å²) in [5.74, 6) is -0.263. The normalized spacial score (nSPS) is 13.2. The Morgan fingerprint density at radius 3 is 2.88 bits per heavy atom. The minimum Gasteiger partial charge on any atom is -0.465 e. The van der Waals surface area contributed by atoms with Crippen molar-refractivity contribution in [3.05, 3.63) is 40.3 Å². The molecular formula is C18H20N2O3S2. The predicted molar refractivity (Wildman–Crippen MR) is 103 cm³/mol. The zero-order valence-electron chi connectivity index (χ0n) is 14.0. The van der Waals surface area contributed by atoms with Crippen molar-refractivity contribution in [1.82, 2.24) is 0 Å². The van der Waals surface area contributed by atoms with Crippen LogP contribution in [0.2, 0.25) is 0 Å². The van der Waals surface area contributed by atoms with E-state index in [1.807, 2.05) is 24.3 Å². The van der Waals surface area contributed by atoms with Gasteiger partial charge in [0.05, 0.1) is 18.4 Å². The molecule has 1 aliphatic rings. The Morgan fingerprint density at radius 2 is 2.12 bits per heavy atom. The molecule has 0 aliphatic heterocycles. The van der Waals surface area contributed by atoms with Crippen LogP contribution in [0.3, 0.4) is 0 Å². The molecule has 0 spiro atoms. The molecular weight excluding hydrogens is 356 g/mol. The number of fused-ring (bicyclic) bond motifs is 1. The molecule has 3 rings (SSSR count). The quantitative estimate of drug-likeness (QED) is 0.472. The summed E-state index contributed by atoms with van der Waals surface area (Å²) in [5, 5.41) is 3.50. The number of nitrogen functional groups attached to an aromatic ring is 1. The van der Waals surface area contributed by atoms with Crippen LogP contribution in [0.1, 0.15) is 33.6 Å². The molecule has 1 amide bonds. The van der Waals surface area contributed by atoms with Gasteiger partial charge in [-0.15, -0.1) is 23.1 Å². The summed E-state index contributed by atoms with van der Waals surface area (Å²) in [4.78, 5) is 26.6. The lowest BCUT2D eigenvalue weighted by atomic mass is 9.95. The maximum Gasteiger partial charge on any atom is 0.341 e. The number of rotatable bonds is 5. The third-order valence-electron chi connectivity index (χ3n) is 4.04. The number of amides is 1. The summed E-state index contributed by atoms with van der Waals surface area (Å²) in [6.07, 6.45) is 4.00. The van der Waals surface area contributed by atoms with Crippen molar-refractivity contribution >= 4 is 45.7 Å². The summed E-state index contributed by atoms with van der Waals surface area (Å²) in [6.45, 7) is 0. The first kappa shape index (κ1) is 17.8. The van der Waals surface area contributed by atoms with Crippen molar-refractivity contribution in [3.8, 4) is 0 Å². The van der Waals surface area contributed by atoms with E-state index in [1.165, 1.54) is 35.1 Å². The number of hydrogen-bond donors (Lipinski definition) is 2. The average molecular weight is 377 g/mol. The molecule has 1 aromatic carbocycles. The second kappa shape index (κ2) is 7.93. The van der Waals surface area contributed by atoms with E-state index >= 15 is 0 Å². The lowest BCUT2D eigenvalue weighted by Gasteiger charge is -2.11. The summed E-state index contributed by atoms with van der Waals surface area (Å²) in [6, 6.07) is 7.42. The first-order valence-corrected chi connectivity index (χ1v) is 9.89. The molecule has 3 N–H and O–H groups in total. The van der Waals surface area contributed by atoms with E-state index in [-0.39, 0.29) is 17.6 Å². The SMILES string of the molecule is COC(=O)c1c(NC(=O)CSc2cccc(N)c2)sc2c1CCCC2. The number of thioether (sulfide) groups is 1. The third kappa shape index (κ3) is 4.16. The van der Waals surface area contributed by atoms with E-state index < -0.39 is 0 Å². The number of benzene rings is 1. The zero-order valence-corrected chi connectivity index (χ0v) is 15.6. The van der Waals surface area contributed by atoms with Crippen molar-refractivity contribution in [3.63, 3.8) is 0 Å². The van der Waals surface area contributed by atoms with Gasteiger partial charge in [0.1, 0.15) is 5.00 Å². The van der Waals surface area contributed by atoms with Gasteiger partial charge in [0.25, 0.3) is 0 Å². The second-order valence-electron chi connectivity index (χ2n) is 5.82. The van der Waals surface area contributed by atoms with Gasteiger partial charge in [0.2, 0.25) is 5.91 Å². The average Bonchev–Trinajstić information content (AvgIpc) is 2.97. The molecule has 0 atom stereocenters. The maximum atomic E-state index is 12.3. The molecule has 2 aromatic rings. The minimum atomic E-state index is -0.377. The minimum absolute atomic E-state index is 0.142. The van der Waals surface area contributed by atoms with E-state index in [0.29, 0.717) is 16.3 Å². The van der Waals surface area contributed by atoms with Gasteiger partial charge in [-0.25, -0.2) is 4.79 Å². The topological polar surface area (TPSA) is 81.4 Å². The second-order valence-corrected chi connectivity index (χ2v) is 7.97. The Hall–Kier alpha value is -1.99. The van der Waals surface area contributed by atoms with Gasteiger partial charge in [0.15, 0.2) is 0 Å². The Balaban J connectivity index is 1.72. The molecule has 0 unspecified atom stereocenters. The molecule has 5 nitrogen and oxygen atoms in total. The summed E-state index contributed by atoms with van der Waals surface area (Å²) >= 11 is 2.91. The smallest absolute Gasteiger partial charge is 0.341 e. The summed E-state index contributed by atoms with van der Waals surface area (Å²) in [5.41, 5.74) is 8.00. The van der Waals surface area contributed by atoms with Crippen LogP contribution in [0, 0.1) is 0 Å². The van der Waals surface area contributed by atoms with Crippen LogP contribution in [-0.2, 0) is 22.4 Å². The number of anilines is 2. The monoisotopic (exact) mass is 376 g/mol. The number of nitrogens with two attached hydrogens (primary N) is 1. The van der Waals surface area contributed by atoms with E-state index in [2.05, 4.69) is 5.32 Å². The Bertz CT molecular complexity index is 802. The fourth-order valence-corrected chi connectivity index (χ4v) is 4.95. The van der Waals surface area contributed by atoms with Gasteiger partial charge in [-0.05, 0) is 49.4 Å². The third-order valence-corrected chi connectivity index (χ3v) is 6.24. The highest BCUT2D eigenvalue weighted by molar-refractivity contribution is 8.00. The number of carbonyl (C=O) groups is 2. The van der Waals surface area contributed by atoms with E-state index in [9.17, 15) is 9.59 Å². The van der Waals surface area contributed by atoms with Crippen molar-refractivity contribution in [2.45, 2.75) is 30.6 Å². The summed E-state index contributed by atoms with van der Waals surface area (Å²) < 4.78 is 4.92. The van der Waals surface area contributed by atoms with Crippen LogP contribution in [0.25, 0.3) is 0 Å². The van der Waals surface area contributed by atoms with Crippen LogP contribution >= 0.6 is 23.1 Å². The highest BCUT2D eigenvalue weighted by atomic mass is 32.2. The van der Waals surface area contributed by atoms with Crippen molar-refractivity contribution in [2.24, 2.45) is 0 Å². The van der Waals surface area contributed by atoms with Crippen LogP contribution in [0.15, 0.2) is 29.2 Å². The number of ether oxygens (including phenoxy) is 1. The molecule has 1 heterocycles. The largest absolute Gasteiger partial charge is 0.465 e. The number of esters is 1. The van der Waals surface area contributed by atoms with Gasteiger partial charge in [0, 0.05) is 15.5 Å². The van der Waals surface area contributed by atoms with Crippen molar-refractivity contribution in [1.29, 1.82) is 0 Å². The fraction of sp³-hybridized carbons (Fsp3) is 0.333. The van der Waals surface area contributed by atoms with Gasteiger partial charge in [-0.2, -0.15) is 0 Å². The molecule has 0 fully saturated rings. The van der Waals surface area contributed by atoms with Crippen LogP contribution in [0.5, 0.6) is 0 Å². The molecule has 0 saturated carbocycles. The number of methoxy groups -OCH3 is 1. The van der Waals surface area contributed by atoms with Crippen LogP contribution in [-0.4, -0.2) is 24.7 Å². The molecule has 1 aliphatic carbocycles. The number of nitrogens with one attached hydrogen (secondary N) is 1. The highest BCUT2D eigenvalue weighted by Crippen LogP contribution is 2.38. The first-order chi connectivity index (χ1) is 12.1. The van der Waals surface area contributed by atoms with Gasteiger partial charge in [-0.1, -0.05) is 6.07 Å². The number of carbonyl (C=O) groups excluding carboxylic acids is 2. The van der Waals surface area contributed by atoms with Crippen molar-refractivity contribution < 1.29 is 14.3 Å². The van der Waals surface area contributed by atoms with Gasteiger partial charge >= 0.3 is 5.97 Å². The number of thiophene rings is 1. The van der Waals surface area contributed by atoms with Gasteiger partial charge < -0.3 is 15.8 Å². The Morgan fingerprint density at radius 1 is 1.32 bits per heavy atom. The first-order valence-electron chi connectivity index (χ1n) is 8.09. The fourth-order valence-electron chi connectivity index (χ4n) is 2.89. The maximum absolute atomic E-state index is 12.3. The molecule has 7 heteroatoms. The van der Waals surface area contributed by atoms with E-state index in [1.54, 1.807) is 0 Å². The lowest BCUT2D eigenvalue weighted by molar-refractivity contribution is -0.113. The molecule has 25 heavy (non-hydrogen) atoms. The van der Waals surface area contributed by atoms with Crippen molar-refractivity contribution in [2.75, 3.05) is 23.9 Å². The zero-order chi connectivity index (χ0) is 17.8. The van der Waals surface area contributed by atoms with Gasteiger partial charge in [-0.3, -0.25) is 4.79 Å². The summed E-state index contributed by atoms with van der Waals surface area (Å²) in [7, 11) is 1.37. The highest BCUT2D eigenvalue weighted by Gasteiger charge is 2.26. The predicted octanol–water partition coefficient (Wildman–Crippen LogP) is 3.73. The van der Waals surface area contributed by atoms with Crippen LogP contribution in [0.4, 0.5) is 10.7 Å². The lowest BCUT2D eigenvalue weighted by Crippen LogP contribution is -2.16. The Kier molecular flexibility index (Phi) is 5.65. The van der Waals surface area contributed by atoms with Crippen LogP contribution < -0.4 is 11.1 Å². The van der Waals surface area contributed by atoms with E-state index in [4.69, 9.17) is 10.5 Å². The standard InChI is InChI=1S/C18H20N2O3S2/c1-23-18(22)16-13-7-2-3-8-14(13)25-17(16)20-15(21)10-24-12-6-4-5-11(19)9-12/h4-6,9H,2-3,7-8,10,19H2,1H3,(H,20,21). The molecule has 0 radical (unpaired) electrons.